The maximum atomic E-state index is 6.18. The van der Waals surface area contributed by atoms with E-state index in [1.54, 1.807) is 0 Å². The Balaban J connectivity index is 1.85. The lowest BCUT2D eigenvalue weighted by molar-refractivity contribution is 0.136. The first kappa shape index (κ1) is 13.4. The summed E-state index contributed by atoms with van der Waals surface area (Å²) < 4.78 is 7.37. The van der Waals surface area contributed by atoms with E-state index in [1.165, 1.54) is 35.0 Å². The zero-order valence-electron chi connectivity index (χ0n) is 11.8. The Labute approximate surface area is 124 Å². The van der Waals surface area contributed by atoms with Crippen LogP contribution in [0.4, 0.5) is 0 Å². The van der Waals surface area contributed by atoms with Crippen LogP contribution in [0.2, 0.25) is 0 Å². The highest BCUT2D eigenvalue weighted by Crippen LogP contribution is 2.40. The molecule has 0 spiro atoms. The molecule has 0 aliphatic carbocycles. The van der Waals surface area contributed by atoms with Crippen LogP contribution in [-0.2, 0) is 12.8 Å². The number of nitrogens with one attached hydrogen (secondary N) is 1. The van der Waals surface area contributed by atoms with Gasteiger partial charge in [-0.3, -0.25) is 0 Å². The molecule has 2 aliphatic rings. The molecule has 2 nitrogen and oxygen atoms in total. The van der Waals surface area contributed by atoms with E-state index in [1.807, 2.05) is 0 Å². The van der Waals surface area contributed by atoms with Crippen molar-refractivity contribution in [3.8, 4) is 5.75 Å². The average Bonchev–Trinajstić information content (AvgIpc) is 2.65. The molecule has 0 saturated carbocycles. The number of fused-ring (bicyclic) bond motifs is 1. The molecule has 3 heteroatoms. The molecule has 2 aliphatic heterocycles. The molecular weight excluding hydrogens is 302 g/mol. The van der Waals surface area contributed by atoms with Crippen LogP contribution >= 0.6 is 15.9 Å². The normalized spacial score (nSPS) is 24.9. The maximum absolute atomic E-state index is 6.18. The minimum absolute atomic E-state index is 0.0529. The van der Waals surface area contributed by atoms with Gasteiger partial charge in [0.25, 0.3) is 0 Å². The third kappa shape index (κ3) is 2.97. The van der Waals surface area contributed by atoms with E-state index in [0.29, 0.717) is 0 Å². The van der Waals surface area contributed by atoms with Crippen LogP contribution in [0.1, 0.15) is 37.8 Å². The van der Waals surface area contributed by atoms with Gasteiger partial charge >= 0.3 is 0 Å². The molecule has 0 amide bonds. The van der Waals surface area contributed by atoms with Gasteiger partial charge in [0.2, 0.25) is 0 Å². The Morgan fingerprint density at radius 3 is 3.00 bits per heavy atom. The first-order chi connectivity index (χ1) is 9.03. The van der Waals surface area contributed by atoms with Crippen molar-refractivity contribution in [2.45, 2.75) is 45.1 Å². The minimum atomic E-state index is -0.0529. The van der Waals surface area contributed by atoms with Crippen LogP contribution in [0.15, 0.2) is 16.6 Å². The fourth-order valence-electron chi connectivity index (χ4n) is 3.31. The van der Waals surface area contributed by atoms with Gasteiger partial charge < -0.3 is 10.1 Å². The summed E-state index contributed by atoms with van der Waals surface area (Å²) in [5.41, 5.74) is 2.68. The van der Waals surface area contributed by atoms with E-state index in [2.05, 4.69) is 47.2 Å². The number of benzene rings is 1. The third-order valence-electron chi connectivity index (χ3n) is 4.11. The van der Waals surface area contributed by atoms with Crippen molar-refractivity contribution in [3.63, 3.8) is 0 Å². The van der Waals surface area contributed by atoms with E-state index in [0.717, 1.165) is 31.1 Å². The topological polar surface area (TPSA) is 21.3 Å². The van der Waals surface area contributed by atoms with Crippen molar-refractivity contribution in [2.24, 2.45) is 5.92 Å². The van der Waals surface area contributed by atoms with Gasteiger partial charge in [-0.2, -0.15) is 0 Å². The summed E-state index contributed by atoms with van der Waals surface area (Å²) in [6.45, 7) is 6.67. The number of hydrogen-bond donors (Lipinski definition) is 1. The van der Waals surface area contributed by atoms with Crippen molar-refractivity contribution in [1.29, 1.82) is 0 Å². The van der Waals surface area contributed by atoms with Gasteiger partial charge in [0.05, 0.1) is 0 Å². The monoisotopic (exact) mass is 323 g/mol. The van der Waals surface area contributed by atoms with Crippen LogP contribution in [-0.4, -0.2) is 18.7 Å². The molecule has 1 aromatic rings. The molecule has 1 atom stereocenters. The zero-order valence-corrected chi connectivity index (χ0v) is 13.3. The van der Waals surface area contributed by atoms with Crippen molar-refractivity contribution in [2.75, 3.05) is 13.1 Å². The largest absolute Gasteiger partial charge is 0.487 e. The summed E-state index contributed by atoms with van der Waals surface area (Å²) in [7, 11) is 0. The molecule has 0 bridgehead atoms. The molecule has 2 heterocycles. The fraction of sp³-hybridized carbons (Fsp3) is 0.625. The number of hydrogen-bond acceptors (Lipinski definition) is 2. The predicted octanol–water partition coefficient (Wildman–Crippen LogP) is 3.70. The fourth-order valence-corrected chi connectivity index (χ4v) is 3.86. The van der Waals surface area contributed by atoms with Gasteiger partial charge in [0.1, 0.15) is 11.4 Å². The maximum Gasteiger partial charge on any atom is 0.126 e. The van der Waals surface area contributed by atoms with Crippen LogP contribution in [0, 0.1) is 5.92 Å². The van der Waals surface area contributed by atoms with E-state index in [-0.39, 0.29) is 5.60 Å². The Hall–Kier alpha value is -0.540. The van der Waals surface area contributed by atoms with Gasteiger partial charge in [0.15, 0.2) is 0 Å². The highest BCUT2D eigenvalue weighted by atomic mass is 79.9. The van der Waals surface area contributed by atoms with Crippen LogP contribution in [0.5, 0.6) is 5.75 Å². The molecule has 1 N–H and O–H groups in total. The van der Waals surface area contributed by atoms with Crippen molar-refractivity contribution in [3.05, 3.63) is 27.7 Å². The van der Waals surface area contributed by atoms with Crippen LogP contribution in [0.3, 0.4) is 0 Å². The van der Waals surface area contributed by atoms with E-state index >= 15 is 0 Å². The summed E-state index contributed by atoms with van der Waals surface area (Å²) in [4.78, 5) is 0. The first-order valence-corrected chi connectivity index (χ1v) is 8.04. The number of halogens is 1. The van der Waals surface area contributed by atoms with Gasteiger partial charge in [-0.1, -0.05) is 15.9 Å². The van der Waals surface area contributed by atoms with Crippen LogP contribution < -0.4 is 10.1 Å². The third-order valence-corrected chi connectivity index (χ3v) is 4.57. The summed E-state index contributed by atoms with van der Waals surface area (Å²) in [6, 6.07) is 4.46. The summed E-state index contributed by atoms with van der Waals surface area (Å²) in [5.74, 6) is 1.90. The van der Waals surface area contributed by atoms with Crippen molar-refractivity contribution in [1.82, 2.24) is 5.32 Å². The van der Waals surface area contributed by atoms with E-state index in [9.17, 15) is 0 Å². The molecule has 104 valence electrons. The van der Waals surface area contributed by atoms with E-state index < -0.39 is 0 Å². The van der Waals surface area contributed by atoms with Crippen molar-refractivity contribution >= 4 is 15.9 Å². The second kappa shape index (κ2) is 5.10. The predicted molar refractivity (Wildman–Crippen MR) is 81.9 cm³/mol. The number of piperidine rings is 1. The molecule has 19 heavy (non-hydrogen) atoms. The van der Waals surface area contributed by atoms with Gasteiger partial charge in [-0.25, -0.2) is 0 Å². The average molecular weight is 324 g/mol. The molecular formula is C16H22BrNO. The summed E-state index contributed by atoms with van der Waals surface area (Å²) in [5, 5.41) is 3.50. The molecule has 0 aromatic heterocycles. The summed E-state index contributed by atoms with van der Waals surface area (Å²) >= 11 is 3.65. The Morgan fingerprint density at radius 2 is 2.26 bits per heavy atom. The van der Waals surface area contributed by atoms with Gasteiger partial charge in [-0.15, -0.1) is 0 Å². The number of rotatable bonds is 2. The number of ether oxygens (including phenoxy) is 1. The second-order valence-corrected chi connectivity index (χ2v) is 7.42. The molecule has 1 saturated heterocycles. The smallest absolute Gasteiger partial charge is 0.126 e. The molecule has 1 fully saturated rings. The standard InChI is InChI=1S/C16H22BrNO/c1-16(2)9-13-8-14(17)7-12(15(13)19-16)6-11-4-3-5-18-10-11/h7-8,11,18H,3-6,9-10H2,1-2H3. The van der Waals surface area contributed by atoms with E-state index in [4.69, 9.17) is 4.74 Å². The minimum Gasteiger partial charge on any atom is -0.487 e. The highest BCUT2D eigenvalue weighted by Gasteiger charge is 2.32. The highest BCUT2D eigenvalue weighted by molar-refractivity contribution is 9.10. The molecule has 1 aromatic carbocycles. The SMILES string of the molecule is CC1(C)Cc2cc(Br)cc(CC3CCCNC3)c2O1. The van der Waals surface area contributed by atoms with Gasteiger partial charge in [-0.05, 0) is 75.4 Å². The summed E-state index contributed by atoms with van der Waals surface area (Å²) in [6.07, 6.45) is 4.77. The van der Waals surface area contributed by atoms with Crippen LogP contribution in [0.25, 0.3) is 0 Å². The molecule has 0 radical (unpaired) electrons. The lowest BCUT2D eigenvalue weighted by Crippen LogP contribution is -2.31. The van der Waals surface area contributed by atoms with Gasteiger partial charge in [0, 0.05) is 10.9 Å². The quantitative estimate of drug-likeness (QED) is 0.895. The Bertz CT molecular complexity index is 478. The Morgan fingerprint density at radius 1 is 1.42 bits per heavy atom. The zero-order chi connectivity index (χ0) is 13.5. The lowest BCUT2D eigenvalue weighted by Gasteiger charge is -2.24. The molecule has 3 rings (SSSR count). The Kier molecular flexibility index (Phi) is 3.61. The molecule has 1 unspecified atom stereocenters. The first-order valence-electron chi connectivity index (χ1n) is 7.24. The lowest BCUT2D eigenvalue weighted by atomic mass is 9.91. The van der Waals surface area contributed by atoms with Crippen molar-refractivity contribution < 1.29 is 4.74 Å². The second-order valence-electron chi connectivity index (χ2n) is 6.51.